The molecule has 43 heavy (non-hydrogen) atoms. The molecule has 0 bridgehead atoms. The molecule has 12 heteroatoms. The van der Waals surface area contributed by atoms with Gasteiger partial charge < -0.3 is 24.6 Å². The predicted molar refractivity (Wildman–Crippen MR) is 154 cm³/mol. The van der Waals surface area contributed by atoms with Crippen molar-refractivity contribution in [1.82, 2.24) is 15.0 Å². The molecule has 2 N–H and O–H groups in total. The highest BCUT2D eigenvalue weighted by Gasteiger charge is 2.32. The number of carbonyl (C=O) groups is 2. The van der Waals surface area contributed by atoms with Crippen LogP contribution in [0.15, 0.2) is 48.8 Å². The van der Waals surface area contributed by atoms with Crippen LogP contribution in [0.2, 0.25) is 0 Å². The van der Waals surface area contributed by atoms with E-state index < -0.39 is 12.6 Å². The molecule has 10 nitrogen and oxygen atoms in total. The first-order valence-corrected chi connectivity index (χ1v) is 14.3. The maximum Gasteiger partial charge on any atom is 0.508 e. The second-order valence-electron chi connectivity index (χ2n) is 10.4. The van der Waals surface area contributed by atoms with E-state index in [1.54, 1.807) is 19.2 Å². The maximum absolute atomic E-state index is 13.1. The second-order valence-corrected chi connectivity index (χ2v) is 10.4. The third kappa shape index (κ3) is 8.90. The molecule has 0 radical (unpaired) electrons. The van der Waals surface area contributed by atoms with Crippen LogP contribution < -0.4 is 5.32 Å². The van der Waals surface area contributed by atoms with Crippen LogP contribution in [0.25, 0.3) is 11.3 Å². The molecule has 3 aromatic rings. The van der Waals surface area contributed by atoms with Crippen LogP contribution in [0.3, 0.4) is 0 Å². The fourth-order valence-electron chi connectivity index (χ4n) is 5.22. The number of rotatable bonds is 12. The van der Waals surface area contributed by atoms with Gasteiger partial charge in [-0.15, -0.1) is 0 Å². The number of esters is 1. The summed E-state index contributed by atoms with van der Waals surface area (Å²) in [4.78, 5) is 37.0. The zero-order valence-corrected chi connectivity index (χ0v) is 24.2. The van der Waals surface area contributed by atoms with Crippen molar-refractivity contribution in [1.29, 1.82) is 0 Å². The first kappa shape index (κ1) is 31.7. The summed E-state index contributed by atoms with van der Waals surface area (Å²) in [5.41, 5.74) is 2.96. The molecule has 0 spiro atoms. The van der Waals surface area contributed by atoms with Gasteiger partial charge in [0.1, 0.15) is 24.8 Å². The summed E-state index contributed by atoms with van der Waals surface area (Å²) in [5.74, 6) is 0.159. The number of carbonyl (C=O) groups excluding carboxylic acids is 2. The average molecular weight is 599 g/mol. The topological polar surface area (TPSA) is 133 Å². The van der Waals surface area contributed by atoms with E-state index in [2.05, 4.69) is 25.0 Å². The van der Waals surface area contributed by atoms with E-state index in [1.807, 2.05) is 25.1 Å². The van der Waals surface area contributed by atoms with Crippen molar-refractivity contribution in [3.05, 3.63) is 65.6 Å². The number of ether oxygens (including phenoxy) is 3. The molecule has 4 rings (SSSR count). The van der Waals surface area contributed by atoms with Crippen molar-refractivity contribution in [2.75, 3.05) is 31.7 Å². The van der Waals surface area contributed by atoms with Gasteiger partial charge in [-0.25, -0.2) is 23.5 Å². The van der Waals surface area contributed by atoms with Gasteiger partial charge in [-0.05, 0) is 87.4 Å². The number of hydrogen-bond donors (Lipinski definition) is 2. The smallest absolute Gasteiger partial charge is 0.462 e. The first-order valence-electron chi connectivity index (χ1n) is 14.3. The number of nitrogens with one attached hydrogen (secondary N) is 1. The molecule has 3 aromatic heterocycles. The molecule has 1 unspecified atom stereocenters. The summed E-state index contributed by atoms with van der Waals surface area (Å²) in [6, 6.07) is 10.0. The molecular weight excluding hydrogens is 562 g/mol. The number of alkyl halides is 2. The summed E-state index contributed by atoms with van der Waals surface area (Å²) in [6.45, 7) is 3.64. The summed E-state index contributed by atoms with van der Waals surface area (Å²) in [7, 11) is 0. The molecule has 1 saturated carbocycles. The van der Waals surface area contributed by atoms with Gasteiger partial charge in [-0.2, -0.15) is 0 Å². The molecular formula is C31H36F2N4O6. The fourth-order valence-corrected chi connectivity index (χ4v) is 5.22. The minimum absolute atomic E-state index is 0.0246. The quantitative estimate of drug-likeness (QED) is 0.185. The zero-order valence-electron chi connectivity index (χ0n) is 24.2. The maximum atomic E-state index is 13.1. The van der Waals surface area contributed by atoms with Crippen LogP contribution in [-0.2, 0) is 19.0 Å². The number of nitrogens with zero attached hydrogens (tertiary/aromatic N) is 3. The van der Waals surface area contributed by atoms with Gasteiger partial charge in [0.15, 0.2) is 0 Å². The van der Waals surface area contributed by atoms with Crippen molar-refractivity contribution in [3.8, 4) is 11.3 Å². The SMILES string of the molecule is CCOC(=O)OCCOC(=O)C1CCC(C(CO)c2ccc(-c3cc(C)cc(Nc4cc(C(F)F)ccn4)n3)cn2)CC1. The number of aromatic nitrogens is 3. The normalized spacial score (nSPS) is 17.3. The van der Waals surface area contributed by atoms with Crippen molar-refractivity contribution in [2.24, 2.45) is 11.8 Å². The van der Waals surface area contributed by atoms with E-state index >= 15 is 0 Å². The molecule has 0 aliphatic heterocycles. The Labute approximate surface area is 248 Å². The summed E-state index contributed by atoms with van der Waals surface area (Å²) in [5, 5.41) is 13.2. The highest BCUT2D eigenvalue weighted by atomic mass is 19.3. The molecule has 1 aliphatic carbocycles. The van der Waals surface area contributed by atoms with E-state index in [9.17, 15) is 23.5 Å². The standard InChI is InChI=1S/C31H36F2N4O6/c1-3-41-31(40)43-13-12-42-30(39)21-6-4-20(5-7-21)24(18-38)25-9-8-23(17-35-25)26-14-19(2)15-28(36-26)37-27-16-22(29(32)33)10-11-34-27/h8-11,14-17,20-21,24,29,38H,3-7,12-13,18H2,1-2H3,(H,34,36,37). The van der Waals surface area contributed by atoms with Gasteiger partial charge in [-0.3, -0.25) is 9.78 Å². The van der Waals surface area contributed by atoms with Crippen molar-refractivity contribution < 1.29 is 37.7 Å². The molecule has 3 heterocycles. The lowest BCUT2D eigenvalue weighted by atomic mass is 9.75. The van der Waals surface area contributed by atoms with Gasteiger partial charge in [-0.1, -0.05) is 0 Å². The van der Waals surface area contributed by atoms with Gasteiger partial charge >= 0.3 is 12.1 Å². The van der Waals surface area contributed by atoms with Crippen molar-refractivity contribution in [3.63, 3.8) is 0 Å². The average Bonchev–Trinajstić information content (AvgIpc) is 3.00. The van der Waals surface area contributed by atoms with Gasteiger partial charge in [0.2, 0.25) is 0 Å². The lowest BCUT2D eigenvalue weighted by Gasteiger charge is -2.32. The highest BCUT2D eigenvalue weighted by molar-refractivity contribution is 5.72. The minimum Gasteiger partial charge on any atom is -0.462 e. The number of aryl methyl sites for hydroxylation is 1. The number of aliphatic hydroxyl groups excluding tert-OH is 1. The lowest BCUT2D eigenvalue weighted by Crippen LogP contribution is -2.28. The Morgan fingerprint density at radius 1 is 1.00 bits per heavy atom. The van der Waals surface area contributed by atoms with Crippen LogP contribution >= 0.6 is 0 Å². The van der Waals surface area contributed by atoms with Crippen molar-refractivity contribution >= 4 is 23.8 Å². The van der Waals surface area contributed by atoms with Gasteiger partial charge in [0.25, 0.3) is 6.43 Å². The Morgan fingerprint density at radius 3 is 2.44 bits per heavy atom. The summed E-state index contributed by atoms with van der Waals surface area (Å²) in [6.07, 6.45) is 2.39. The Kier molecular flexibility index (Phi) is 11.3. The van der Waals surface area contributed by atoms with Crippen LogP contribution in [0.5, 0.6) is 0 Å². The number of aliphatic hydroxyl groups is 1. The van der Waals surface area contributed by atoms with E-state index in [4.69, 9.17) is 9.47 Å². The molecule has 0 aromatic carbocycles. The van der Waals surface area contributed by atoms with Gasteiger partial charge in [0, 0.05) is 35.1 Å². The molecule has 230 valence electrons. The highest BCUT2D eigenvalue weighted by Crippen LogP contribution is 2.38. The summed E-state index contributed by atoms with van der Waals surface area (Å²) >= 11 is 0. The van der Waals surface area contributed by atoms with E-state index in [0.717, 1.165) is 29.7 Å². The van der Waals surface area contributed by atoms with E-state index in [0.29, 0.717) is 24.4 Å². The lowest BCUT2D eigenvalue weighted by molar-refractivity contribution is -0.151. The Morgan fingerprint density at radius 2 is 1.77 bits per heavy atom. The van der Waals surface area contributed by atoms with Crippen LogP contribution in [0, 0.1) is 18.8 Å². The molecule has 1 fully saturated rings. The first-order chi connectivity index (χ1) is 20.8. The Bertz CT molecular complexity index is 1370. The van der Waals surface area contributed by atoms with E-state index in [-0.39, 0.29) is 61.5 Å². The Balaban J connectivity index is 1.34. The number of pyridine rings is 3. The molecule has 0 saturated heterocycles. The van der Waals surface area contributed by atoms with Crippen LogP contribution in [0.1, 0.15) is 61.8 Å². The van der Waals surface area contributed by atoms with E-state index in [1.165, 1.54) is 18.3 Å². The third-order valence-electron chi connectivity index (χ3n) is 7.40. The second kappa shape index (κ2) is 15.3. The third-order valence-corrected chi connectivity index (χ3v) is 7.40. The molecule has 0 amide bonds. The minimum atomic E-state index is -2.60. The fraction of sp³-hybridized carbons (Fsp3) is 0.452. The van der Waals surface area contributed by atoms with Crippen molar-refractivity contribution in [2.45, 2.75) is 51.9 Å². The summed E-state index contributed by atoms with van der Waals surface area (Å²) < 4.78 is 40.9. The van der Waals surface area contributed by atoms with Gasteiger partial charge in [0.05, 0.1) is 24.8 Å². The zero-order chi connectivity index (χ0) is 30.8. The number of anilines is 2. The monoisotopic (exact) mass is 598 g/mol. The molecule has 1 aliphatic rings. The van der Waals surface area contributed by atoms with Crippen LogP contribution in [0.4, 0.5) is 25.2 Å². The Hall–Kier alpha value is -4.19. The molecule has 1 atom stereocenters. The number of hydrogen-bond acceptors (Lipinski definition) is 10. The predicted octanol–water partition coefficient (Wildman–Crippen LogP) is 6.13. The number of halogens is 2. The van der Waals surface area contributed by atoms with Crippen LogP contribution in [-0.4, -0.2) is 58.6 Å². The largest absolute Gasteiger partial charge is 0.508 e.